The van der Waals surface area contributed by atoms with Crippen molar-refractivity contribution >= 4 is 17.6 Å². The van der Waals surface area contributed by atoms with Crippen LogP contribution in [0.15, 0.2) is 42.7 Å². The molecule has 2 aromatic rings. The molecule has 9 nitrogen and oxygen atoms in total. The molecule has 0 unspecified atom stereocenters. The number of ether oxygens (including phenoxy) is 1. The van der Waals surface area contributed by atoms with Gasteiger partial charge in [-0.15, -0.1) is 0 Å². The summed E-state index contributed by atoms with van der Waals surface area (Å²) in [7, 11) is 2.10. The van der Waals surface area contributed by atoms with E-state index in [0.717, 1.165) is 45.2 Å². The highest BCUT2D eigenvalue weighted by Crippen LogP contribution is 2.31. The fraction of sp³-hybridized carbons (Fsp3) is 0.448. The van der Waals surface area contributed by atoms with Gasteiger partial charge in [0.05, 0.1) is 5.56 Å². The quantitative estimate of drug-likeness (QED) is 0.186. The Labute approximate surface area is 223 Å². The maximum atomic E-state index is 10.8. The Morgan fingerprint density at radius 2 is 1.97 bits per heavy atom. The number of pyridine rings is 1. The van der Waals surface area contributed by atoms with Crippen LogP contribution >= 0.6 is 0 Å². The number of piperidine rings is 1. The minimum Gasteiger partial charge on any atom is -0.432 e. The van der Waals surface area contributed by atoms with Crippen LogP contribution in [0.1, 0.15) is 61.6 Å². The molecule has 202 valence electrons. The van der Waals surface area contributed by atoms with E-state index in [2.05, 4.69) is 34.1 Å². The molecular weight excluding hydrogens is 482 g/mol. The van der Waals surface area contributed by atoms with Crippen molar-refractivity contribution in [3.05, 3.63) is 59.4 Å². The molecule has 0 amide bonds. The van der Waals surface area contributed by atoms with Gasteiger partial charge in [-0.05, 0) is 82.9 Å². The van der Waals surface area contributed by atoms with Gasteiger partial charge in [0, 0.05) is 41.4 Å². The molecule has 1 aromatic carbocycles. The van der Waals surface area contributed by atoms with E-state index in [0.29, 0.717) is 35.6 Å². The van der Waals surface area contributed by atoms with Crippen LogP contribution in [-0.4, -0.2) is 63.2 Å². The zero-order valence-corrected chi connectivity index (χ0v) is 21.8. The molecular formula is C29H37N5O4. The predicted molar refractivity (Wildman–Crippen MR) is 147 cm³/mol. The van der Waals surface area contributed by atoms with E-state index in [1.54, 1.807) is 18.3 Å². The van der Waals surface area contributed by atoms with Gasteiger partial charge in [-0.25, -0.2) is 4.98 Å². The highest BCUT2D eigenvalue weighted by atomic mass is 16.8. The molecule has 2 fully saturated rings. The molecule has 0 atom stereocenters. The largest absolute Gasteiger partial charge is 0.432 e. The summed E-state index contributed by atoms with van der Waals surface area (Å²) in [4.78, 5) is 6.42. The summed E-state index contributed by atoms with van der Waals surface area (Å²) < 4.78 is 5.53. The number of rotatable bonds is 7. The third kappa shape index (κ3) is 7.11. The van der Waals surface area contributed by atoms with Gasteiger partial charge in [0.25, 0.3) is 0 Å². The molecule has 0 bridgehead atoms. The van der Waals surface area contributed by atoms with Crippen LogP contribution in [0.3, 0.4) is 0 Å². The summed E-state index contributed by atoms with van der Waals surface area (Å²) >= 11 is 0. The maximum Gasteiger partial charge on any atom is 0.351 e. The summed E-state index contributed by atoms with van der Waals surface area (Å²) in [5.74, 6) is 3.14. The average Bonchev–Trinajstić information content (AvgIpc) is 2.91. The van der Waals surface area contributed by atoms with E-state index in [-0.39, 0.29) is 17.1 Å². The van der Waals surface area contributed by atoms with Crippen molar-refractivity contribution < 1.29 is 20.1 Å². The summed E-state index contributed by atoms with van der Waals surface area (Å²) in [6.07, 6.45) is 10.7. The minimum atomic E-state index is -2.71. The average molecular weight is 520 g/mol. The van der Waals surface area contributed by atoms with Crippen LogP contribution in [0.5, 0.6) is 5.75 Å². The van der Waals surface area contributed by atoms with Gasteiger partial charge >= 0.3 is 5.97 Å². The predicted octanol–water partition coefficient (Wildman–Crippen LogP) is 2.56. The second kappa shape index (κ2) is 12.0. The number of nitrogens with two attached hydrogens (primary N) is 1. The smallest absolute Gasteiger partial charge is 0.351 e. The van der Waals surface area contributed by atoms with Crippen molar-refractivity contribution in [2.75, 3.05) is 25.9 Å². The third-order valence-electron chi connectivity index (χ3n) is 7.17. The lowest BCUT2D eigenvalue weighted by Gasteiger charge is -2.29. The topological polar surface area (TPSA) is 148 Å². The van der Waals surface area contributed by atoms with Crippen molar-refractivity contribution in [3.8, 4) is 17.6 Å². The number of aromatic nitrogens is 1. The Bertz CT molecular complexity index is 1220. The Morgan fingerprint density at radius 1 is 1.24 bits per heavy atom. The molecule has 0 radical (unpaired) electrons. The standard InChI is InChI=1S/C29H37N5O4/c1-34-14-9-25(10-15-34)32-20-23(18-30)22-17-26(27(31)33-19-22)38-29(36,37)24-7-5-6-21(16-24)8-13-28(35)11-3-2-4-12-28/h5-7,16-20,25,30,32,35-37H,2-4,9-12,14-15H2,1H3,(H2,31,33)/b23-20+,30-18?. The van der Waals surface area contributed by atoms with Crippen molar-refractivity contribution in [1.82, 2.24) is 15.2 Å². The molecule has 0 spiro atoms. The lowest BCUT2D eigenvalue weighted by atomic mass is 9.85. The molecule has 1 aromatic heterocycles. The van der Waals surface area contributed by atoms with Gasteiger partial charge in [0.1, 0.15) is 5.60 Å². The van der Waals surface area contributed by atoms with E-state index < -0.39 is 11.6 Å². The number of allylic oxidation sites excluding steroid dienone is 1. The first-order chi connectivity index (χ1) is 18.2. The Hall–Kier alpha value is -3.42. The van der Waals surface area contributed by atoms with E-state index in [4.69, 9.17) is 15.9 Å². The molecule has 7 N–H and O–H groups in total. The van der Waals surface area contributed by atoms with Gasteiger partial charge in [-0.1, -0.05) is 24.3 Å². The number of hydrogen-bond donors (Lipinski definition) is 6. The number of nitrogens with zero attached hydrogens (tertiary/aromatic N) is 2. The van der Waals surface area contributed by atoms with E-state index >= 15 is 0 Å². The molecule has 38 heavy (non-hydrogen) atoms. The Morgan fingerprint density at radius 3 is 2.68 bits per heavy atom. The molecule has 2 heterocycles. The van der Waals surface area contributed by atoms with Crippen LogP contribution in [0.25, 0.3) is 5.57 Å². The minimum absolute atomic E-state index is 0.0238. The van der Waals surface area contributed by atoms with Crippen LogP contribution in [-0.2, 0) is 5.97 Å². The first kappa shape index (κ1) is 27.6. The van der Waals surface area contributed by atoms with Gasteiger partial charge < -0.3 is 41.4 Å². The molecule has 2 aliphatic rings. The molecule has 1 aliphatic carbocycles. The monoisotopic (exact) mass is 519 g/mol. The van der Waals surface area contributed by atoms with Gasteiger partial charge in [-0.3, -0.25) is 0 Å². The molecule has 1 aliphatic heterocycles. The van der Waals surface area contributed by atoms with Gasteiger partial charge in [-0.2, -0.15) is 0 Å². The fourth-order valence-corrected chi connectivity index (χ4v) is 4.75. The van der Waals surface area contributed by atoms with Crippen LogP contribution in [0.4, 0.5) is 5.82 Å². The summed E-state index contributed by atoms with van der Waals surface area (Å²) in [6, 6.07) is 8.21. The Balaban J connectivity index is 1.50. The maximum absolute atomic E-state index is 10.8. The lowest BCUT2D eigenvalue weighted by Crippen LogP contribution is -2.38. The lowest BCUT2D eigenvalue weighted by molar-refractivity contribution is -0.303. The second-order valence-corrected chi connectivity index (χ2v) is 10.2. The van der Waals surface area contributed by atoms with Crippen molar-refractivity contribution in [2.24, 2.45) is 0 Å². The van der Waals surface area contributed by atoms with Crippen LogP contribution in [0, 0.1) is 17.3 Å². The third-order valence-corrected chi connectivity index (χ3v) is 7.17. The van der Waals surface area contributed by atoms with E-state index in [1.165, 1.54) is 30.6 Å². The van der Waals surface area contributed by atoms with E-state index in [1.807, 2.05) is 0 Å². The van der Waals surface area contributed by atoms with Gasteiger partial charge in [0.15, 0.2) is 11.6 Å². The first-order valence-electron chi connectivity index (χ1n) is 13.1. The van der Waals surface area contributed by atoms with E-state index in [9.17, 15) is 15.3 Å². The second-order valence-electron chi connectivity index (χ2n) is 10.2. The van der Waals surface area contributed by atoms with Crippen molar-refractivity contribution in [2.45, 2.75) is 62.6 Å². The molecule has 4 rings (SSSR count). The summed E-state index contributed by atoms with van der Waals surface area (Å²) in [5, 5.41) is 43.5. The molecule has 9 heteroatoms. The van der Waals surface area contributed by atoms with Crippen LogP contribution in [0.2, 0.25) is 0 Å². The first-order valence-corrected chi connectivity index (χ1v) is 13.1. The number of anilines is 1. The van der Waals surface area contributed by atoms with Gasteiger partial charge in [0.2, 0.25) is 0 Å². The fourth-order valence-electron chi connectivity index (χ4n) is 4.75. The summed E-state index contributed by atoms with van der Waals surface area (Å²) in [5.41, 5.74) is 6.65. The van der Waals surface area contributed by atoms with Crippen molar-refractivity contribution in [3.63, 3.8) is 0 Å². The summed E-state index contributed by atoms with van der Waals surface area (Å²) in [6.45, 7) is 2.02. The number of nitrogen functional groups attached to an aromatic ring is 1. The number of nitrogens with one attached hydrogen (secondary N) is 2. The van der Waals surface area contributed by atoms with Crippen molar-refractivity contribution in [1.29, 1.82) is 5.41 Å². The number of benzene rings is 1. The molecule has 1 saturated heterocycles. The van der Waals surface area contributed by atoms with Crippen LogP contribution < -0.4 is 15.8 Å². The number of aliphatic hydroxyl groups is 3. The highest BCUT2D eigenvalue weighted by molar-refractivity contribution is 6.08. The Kier molecular flexibility index (Phi) is 8.69. The SMILES string of the molecule is CN1CCC(N/C=C(\C=N)c2cnc(N)c(OC(O)(O)c3cccc(C#CC4(O)CCCCC4)c3)c2)CC1. The number of hydrogen-bond acceptors (Lipinski definition) is 9. The zero-order chi connectivity index (χ0) is 27.2. The normalized spacial score (nSPS) is 18.8. The molecule has 1 saturated carbocycles. The zero-order valence-electron chi connectivity index (χ0n) is 21.8. The number of likely N-dealkylation sites (tertiary alicyclic amines) is 1. The highest BCUT2D eigenvalue weighted by Gasteiger charge is 2.31.